The van der Waals surface area contributed by atoms with E-state index in [2.05, 4.69) is 0 Å². The number of aliphatic hydroxyl groups is 1. The quantitative estimate of drug-likeness (QED) is 0.763. The lowest BCUT2D eigenvalue weighted by atomic mass is 9.66. The van der Waals surface area contributed by atoms with E-state index in [0.717, 1.165) is 11.1 Å². The van der Waals surface area contributed by atoms with E-state index >= 15 is 0 Å². The molecule has 2 heterocycles. The highest BCUT2D eigenvalue weighted by Crippen LogP contribution is 2.55. The summed E-state index contributed by atoms with van der Waals surface area (Å²) in [5, 5.41) is 11.0. The summed E-state index contributed by atoms with van der Waals surface area (Å²) in [7, 11) is 4.63. The molecular weight excluding hydrogens is 392 g/mol. The molecule has 1 fully saturated rings. The van der Waals surface area contributed by atoms with Crippen LogP contribution in [0, 0.1) is 11.8 Å². The zero-order valence-electron chi connectivity index (χ0n) is 16.8. The van der Waals surface area contributed by atoms with Gasteiger partial charge in [0.25, 0.3) is 0 Å². The molecule has 8 nitrogen and oxygen atoms in total. The maximum atomic E-state index is 12.7. The first-order valence-corrected chi connectivity index (χ1v) is 9.65. The molecule has 1 saturated heterocycles. The van der Waals surface area contributed by atoms with Gasteiger partial charge in [-0.2, -0.15) is 0 Å². The molecule has 1 aliphatic carbocycles. The van der Waals surface area contributed by atoms with Crippen molar-refractivity contribution >= 4 is 5.97 Å². The highest BCUT2D eigenvalue weighted by molar-refractivity contribution is 5.79. The summed E-state index contributed by atoms with van der Waals surface area (Å²) in [4.78, 5) is 12.7. The Balaban J connectivity index is 1.74. The lowest BCUT2D eigenvalue weighted by molar-refractivity contribution is -0.141. The lowest BCUT2D eigenvalue weighted by Gasteiger charge is -2.37. The normalized spacial score (nSPS) is 25.9. The van der Waals surface area contributed by atoms with Gasteiger partial charge in [-0.3, -0.25) is 4.79 Å². The Kier molecular flexibility index (Phi) is 4.39. The van der Waals surface area contributed by atoms with Crippen LogP contribution in [0.4, 0.5) is 0 Å². The number of hydrogen-bond donors (Lipinski definition) is 1. The van der Waals surface area contributed by atoms with Crippen LogP contribution in [0.5, 0.6) is 28.7 Å². The van der Waals surface area contributed by atoms with Crippen molar-refractivity contribution in [1.82, 2.24) is 0 Å². The first-order chi connectivity index (χ1) is 14.6. The van der Waals surface area contributed by atoms with E-state index in [-0.39, 0.29) is 31.2 Å². The van der Waals surface area contributed by atoms with Gasteiger partial charge in [-0.15, -0.1) is 0 Å². The summed E-state index contributed by atoms with van der Waals surface area (Å²) in [5.74, 6) is 0.989. The lowest BCUT2D eigenvalue weighted by Crippen LogP contribution is -2.34. The second-order valence-electron chi connectivity index (χ2n) is 7.54. The molecule has 8 heteroatoms. The first-order valence-electron chi connectivity index (χ1n) is 9.65. The van der Waals surface area contributed by atoms with Gasteiger partial charge >= 0.3 is 5.97 Å². The Morgan fingerprint density at radius 3 is 2.13 bits per heavy atom. The fourth-order valence-electron chi connectivity index (χ4n) is 4.81. The third-order valence-electron chi connectivity index (χ3n) is 6.19. The molecule has 2 aromatic carbocycles. The number of fused-ring (bicyclic) bond motifs is 3. The van der Waals surface area contributed by atoms with Gasteiger partial charge in [-0.05, 0) is 41.0 Å². The second kappa shape index (κ2) is 6.98. The molecule has 0 aromatic heterocycles. The second-order valence-corrected chi connectivity index (χ2v) is 7.54. The fourth-order valence-corrected chi connectivity index (χ4v) is 4.81. The number of rotatable bonds is 4. The van der Waals surface area contributed by atoms with E-state index < -0.39 is 12.0 Å². The van der Waals surface area contributed by atoms with Crippen LogP contribution < -0.4 is 23.7 Å². The smallest absolute Gasteiger partial charge is 0.310 e. The van der Waals surface area contributed by atoms with E-state index in [1.807, 2.05) is 18.2 Å². The number of ether oxygens (including phenoxy) is 6. The van der Waals surface area contributed by atoms with Crippen molar-refractivity contribution in [1.29, 1.82) is 0 Å². The summed E-state index contributed by atoms with van der Waals surface area (Å²) < 4.78 is 32.9. The number of esters is 1. The van der Waals surface area contributed by atoms with Crippen molar-refractivity contribution in [2.24, 2.45) is 11.8 Å². The van der Waals surface area contributed by atoms with Crippen LogP contribution in [-0.4, -0.2) is 45.8 Å². The van der Waals surface area contributed by atoms with Gasteiger partial charge in [-0.25, -0.2) is 0 Å². The minimum atomic E-state index is -0.843. The summed E-state index contributed by atoms with van der Waals surface area (Å²) in [6.45, 7) is 0.289. The van der Waals surface area contributed by atoms with Gasteiger partial charge in [0.15, 0.2) is 23.0 Å². The summed E-state index contributed by atoms with van der Waals surface area (Å²) >= 11 is 0. The van der Waals surface area contributed by atoms with Crippen molar-refractivity contribution < 1.29 is 38.3 Å². The summed E-state index contributed by atoms with van der Waals surface area (Å²) in [6, 6.07) is 7.31. The van der Waals surface area contributed by atoms with Gasteiger partial charge < -0.3 is 33.5 Å². The Labute approximate surface area is 173 Å². The van der Waals surface area contributed by atoms with Crippen LogP contribution in [0.1, 0.15) is 28.7 Å². The maximum Gasteiger partial charge on any atom is 0.310 e. The van der Waals surface area contributed by atoms with Crippen molar-refractivity contribution in [2.75, 3.05) is 34.7 Å². The molecular formula is C22H22O8. The molecule has 2 aromatic rings. The number of aliphatic hydroxyl groups excluding tert-OH is 1. The fraction of sp³-hybridized carbons (Fsp3) is 0.409. The zero-order valence-corrected chi connectivity index (χ0v) is 16.8. The van der Waals surface area contributed by atoms with Gasteiger partial charge in [0, 0.05) is 11.8 Å². The van der Waals surface area contributed by atoms with Crippen LogP contribution in [0.25, 0.3) is 0 Å². The number of cyclic esters (lactones) is 1. The highest BCUT2D eigenvalue weighted by atomic mass is 16.7. The molecule has 158 valence electrons. The molecule has 0 amide bonds. The Hall–Kier alpha value is -3.13. The predicted octanol–water partition coefficient (Wildman–Crippen LogP) is 2.41. The van der Waals surface area contributed by atoms with E-state index in [0.29, 0.717) is 34.3 Å². The Bertz CT molecular complexity index is 991. The number of hydrogen-bond acceptors (Lipinski definition) is 8. The van der Waals surface area contributed by atoms with Crippen molar-refractivity contribution in [2.45, 2.75) is 12.0 Å². The summed E-state index contributed by atoms with van der Waals surface area (Å²) in [6.07, 6.45) is -0.843. The van der Waals surface area contributed by atoms with Gasteiger partial charge in [0.05, 0.1) is 40.0 Å². The van der Waals surface area contributed by atoms with Crippen LogP contribution in [-0.2, 0) is 9.53 Å². The summed E-state index contributed by atoms with van der Waals surface area (Å²) in [5.41, 5.74) is 2.30. The van der Waals surface area contributed by atoms with Crippen molar-refractivity contribution in [3.8, 4) is 28.7 Å². The van der Waals surface area contributed by atoms with E-state index in [4.69, 9.17) is 28.4 Å². The molecule has 0 saturated carbocycles. The van der Waals surface area contributed by atoms with Gasteiger partial charge in [0.1, 0.15) is 0 Å². The molecule has 1 N–H and O–H groups in total. The van der Waals surface area contributed by atoms with Gasteiger partial charge in [0.2, 0.25) is 12.5 Å². The first kappa shape index (κ1) is 18.9. The standard InChI is InChI=1S/C22H22O8/c1-25-16-4-10(5-17(26-2)21(16)27-3)18-11-6-14-15(30-9-29-14)7-12(11)20(23)13-8-28-22(24)19(13)18/h4-7,13,18-20,23H,8-9H2,1-3H3/t13-,18?,19?,20?/m0/s1. The highest BCUT2D eigenvalue weighted by Gasteiger charge is 2.52. The number of benzene rings is 2. The largest absolute Gasteiger partial charge is 0.493 e. The van der Waals surface area contributed by atoms with Crippen LogP contribution >= 0.6 is 0 Å². The maximum absolute atomic E-state index is 12.7. The SMILES string of the molecule is COc1cc(C2c3cc4c(cc3C(O)[C@H]3COC(=O)C23)OCO4)cc(OC)c1OC. The topological polar surface area (TPSA) is 92.7 Å². The molecule has 4 atom stereocenters. The average molecular weight is 414 g/mol. The molecule has 3 unspecified atom stereocenters. The van der Waals surface area contributed by atoms with Crippen molar-refractivity contribution in [3.63, 3.8) is 0 Å². The predicted molar refractivity (Wildman–Crippen MR) is 103 cm³/mol. The monoisotopic (exact) mass is 414 g/mol. The zero-order chi connectivity index (χ0) is 21.0. The molecule has 5 rings (SSSR count). The third kappa shape index (κ3) is 2.60. The molecule has 0 radical (unpaired) electrons. The molecule has 0 spiro atoms. The molecule has 0 bridgehead atoms. The number of carbonyl (C=O) groups is 1. The minimum Gasteiger partial charge on any atom is -0.493 e. The Morgan fingerprint density at radius 2 is 1.53 bits per heavy atom. The Morgan fingerprint density at radius 1 is 0.900 bits per heavy atom. The average Bonchev–Trinajstić information content (AvgIpc) is 3.38. The van der Waals surface area contributed by atoms with Crippen LogP contribution in [0.15, 0.2) is 24.3 Å². The van der Waals surface area contributed by atoms with Crippen molar-refractivity contribution in [3.05, 3.63) is 41.0 Å². The van der Waals surface area contributed by atoms with E-state index in [9.17, 15) is 9.90 Å². The molecule has 3 aliphatic rings. The van der Waals surface area contributed by atoms with E-state index in [1.165, 1.54) is 7.11 Å². The minimum absolute atomic E-state index is 0.123. The van der Waals surface area contributed by atoms with Crippen LogP contribution in [0.2, 0.25) is 0 Å². The number of methoxy groups -OCH3 is 3. The van der Waals surface area contributed by atoms with E-state index in [1.54, 1.807) is 20.3 Å². The molecule has 2 aliphatic heterocycles. The van der Waals surface area contributed by atoms with Gasteiger partial charge in [-0.1, -0.05) is 0 Å². The number of carbonyl (C=O) groups excluding carboxylic acids is 1. The van der Waals surface area contributed by atoms with Crippen LogP contribution in [0.3, 0.4) is 0 Å². The molecule has 30 heavy (non-hydrogen) atoms. The third-order valence-corrected chi connectivity index (χ3v) is 6.19.